The van der Waals surface area contributed by atoms with Crippen molar-refractivity contribution in [3.05, 3.63) is 34.9 Å². The van der Waals surface area contributed by atoms with Gasteiger partial charge < -0.3 is 4.74 Å². The Balaban J connectivity index is 2.10. The molecule has 3 rings (SSSR count). The van der Waals surface area contributed by atoms with Gasteiger partial charge in [0.15, 0.2) is 5.78 Å². The van der Waals surface area contributed by atoms with Crippen molar-refractivity contribution in [3.63, 3.8) is 0 Å². The van der Waals surface area contributed by atoms with Crippen molar-refractivity contribution in [2.24, 2.45) is 11.3 Å². The van der Waals surface area contributed by atoms with Gasteiger partial charge in [-0.25, -0.2) is 0 Å². The Morgan fingerprint density at radius 3 is 2.62 bits per heavy atom. The van der Waals surface area contributed by atoms with Crippen molar-refractivity contribution < 1.29 is 14.3 Å². The highest BCUT2D eigenvalue weighted by atomic mass is 16.6. The molecule has 26 heavy (non-hydrogen) atoms. The van der Waals surface area contributed by atoms with Crippen LogP contribution in [0.4, 0.5) is 0 Å². The molecule has 0 N–H and O–H groups in total. The van der Waals surface area contributed by atoms with Crippen molar-refractivity contribution in [1.29, 1.82) is 5.26 Å². The summed E-state index contributed by atoms with van der Waals surface area (Å²) in [6, 6.07) is 8.37. The minimum Gasteiger partial charge on any atom is -0.455 e. The predicted octanol–water partition coefficient (Wildman–Crippen LogP) is 4.66. The molecule has 0 heterocycles. The SMILES string of the molecule is CC(=O)OC(C)(C)c1ccc2c(c1)C(=O)CC1C(C)(C#N)CCCC21C. The maximum Gasteiger partial charge on any atom is 0.303 e. The van der Waals surface area contributed by atoms with E-state index < -0.39 is 11.0 Å². The third-order valence-electron chi connectivity index (χ3n) is 6.60. The Morgan fingerprint density at radius 2 is 2.00 bits per heavy atom. The Labute approximate surface area is 155 Å². The maximum absolute atomic E-state index is 13.0. The first-order chi connectivity index (χ1) is 12.0. The third kappa shape index (κ3) is 2.74. The van der Waals surface area contributed by atoms with Gasteiger partial charge in [-0.1, -0.05) is 25.5 Å². The molecule has 3 unspecified atom stereocenters. The van der Waals surface area contributed by atoms with Crippen LogP contribution < -0.4 is 0 Å². The van der Waals surface area contributed by atoms with Gasteiger partial charge in [0.2, 0.25) is 0 Å². The molecule has 138 valence electrons. The molecule has 3 atom stereocenters. The lowest BCUT2D eigenvalue weighted by Gasteiger charge is -2.52. The molecule has 1 aromatic rings. The monoisotopic (exact) mass is 353 g/mol. The highest BCUT2D eigenvalue weighted by molar-refractivity contribution is 6.00. The summed E-state index contributed by atoms with van der Waals surface area (Å²) in [5.41, 5.74) is 1.17. The highest BCUT2D eigenvalue weighted by Crippen LogP contribution is 2.57. The van der Waals surface area contributed by atoms with Gasteiger partial charge in [0.05, 0.1) is 11.5 Å². The number of nitriles is 1. The number of benzene rings is 1. The Kier molecular flexibility index (Phi) is 4.26. The Hall–Kier alpha value is -2.15. The zero-order valence-electron chi connectivity index (χ0n) is 16.3. The van der Waals surface area contributed by atoms with E-state index in [2.05, 4.69) is 13.0 Å². The van der Waals surface area contributed by atoms with Crippen LogP contribution in [0.3, 0.4) is 0 Å². The maximum atomic E-state index is 13.0. The van der Waals surface area contributed by atoms with E-state index in [4.69, 9.17) is 4.74 Å². The fraction of sp³-hybridized carbons (Fsp3) is 0.591. The van der Waals surface area contributed by atoms with E-state index in [-0.39, 0.29) is 23.1 Å². The number of esters is 1. The Morgan fingerprint density at radius 1 is 1.31 bits per heavy atom. The van der Waals surface area contributed by atoms with Crippen LogP contribution in [0.5, 0.6) is 0 Å². The number of rotatable bonds is 2. The zero-order valence-corrected chi connectivity index (χ0v) is 16.3. The second-order valence-electron chi connectivity index (χ2n) is 8.84. The number of hydrogen-bond donors (Lipinski definition) is 0. The second kappa shape index (κ2) is 5.94. The summed E-state index contributed by atoms with van der Waals surface area (Å²) in [5.74, 6) is -0.212. The highest BCUT2D eigenvalue weighted by Gasteiger charge is 2.54. The van der Waals surface area contributed by atoms with Gasteiger partial charge >= 0.3 is 5.97 Å². The predicted molar refractivity (Wildman–Crippen MR) is 98.6 cm³/mol. The Bertz CT molecular complexity index is 819. The summed E-state index contributed by atoms with van der Waals surface area (Å²) in [6.07, 6.45) is 3.24. The van der Waals surface area contributed by atoms with Gasteiger partial charge in [-0.3, -0.25) is 9.59 Å². The van der Waals surface area contributed by atoms with E-state index in [0.29, 0.717) is 6.42 Å². The topological polar surface area (TPSA) is 67.2 Å². The summed E-state index contributed by atoms with van der Waals surface area (Å²) in [7, 11) is 0. The molecule has 1 fully saturated rings. The van der Waals surface area contributed by atoms with Crippen molar-refractivity contribution in [2.75, 3.05) is 0 Å². The number of carbonyl (C=O) groups is 2. The number of nitrogens with zero attached hydrogens (tertiary/aromatic N) is 1. The van der Waals surface area contributed by atoms with Gasteiger partial charge in [-0.05, 0) is 62.1 Å². The lowest BCUT2D eigenvalue weighted by Crippen LogP contribution is -2.50. The molecule has 0 bridgehead atoms. The molecule has 0 spiro atoms. The molecule has 4 heteroatoms. The standard InChI is InChI=1S/C22H27NO3/c1-14(24)26-20(2,3)15-7-8-17-16(11-15)18(25)12-19-21(4,13-23)9-6-10-22(17,19)5/h7-8,11,19H,6,9-10,12H2,1-5H3. The smallest absolute Gasteiger partial charge is 0.303 e. The first kappa shape index (κ1) is 18.6. The van der Waals surface area contributed by atoms with E-state index in [1.54, 1.807) is 0 Å². The molecule has 1 saturated carbocycles. The largest absolute Gasteiger partial charge is 0.455 e. The number of carbonyl (C=O) groups excluding carboxylic acids is 2. The minimum absolute atomic E-state index is 0.0427. The van der Waals surface area contributed by atoms with Crippen LogP contribution in [0.1, 0.15) is 81.8 Å². The quantitative estimate of drug-likeness (QED) is 0.725. The molecule has 4 nitrogen and oxygen atoms in total. The molecule has 2 aliphatic rings. The van der Waals surface area contributed by atoms with Crippen LogP contribution in [0.25, 0.3) is 0 Å². The van der Waals surface area contributed by atoms with Gasteiger partial charge in [0.1, 0.15) is 5.60 Å². The van der Waals surface area contributed by atoms with Crippen LogP contribution in [0.15, 0.2) is 18.2 Å². The lowest BCUT2D eigenvalue weighted by atomic mass is 9.50. The first-order valence-electron chi connectivity index (χ1n) is 9.32. The molecule has 0 aliphatic heterocycles. The van der Waals surface area contributed by atoms with Crippen molar-refractivity contribution in [1.82, 2.24) is 0 Å². The number of fused-ring (bicyclic) bond motifs is 3. The van der Waals surface area contributed by atoms with Gasteiger partial charge in [0.25, 0.3) is 0 Å². The summed E-state index contributed by atoms with van der Waals surface area (Å²) < 4.78 is 5.44. The fourth-order valence-corrected chi connectivity index (χ4v) is 5.14. The average molecular weight is 353 g/mol. The summed E-state index contributed by atoms with van der Waals surface area (Å²) in [5, 5.41) is 9.76. The number of Topliss-reactive ketones (excluding diaryl/α,β-unsaturated/α-hetero) is 1. The number of ketones is 1. The van der Waals surface area contributed by atoms with Crippen LogP contribution >= 0.6 is 0 Å². The van der Waals surface area contributed by atoms with E-state index in [1.165, 1.54) is 6.92 Å². The van der Waals surface area contributed by atoms with Crippen LogP contribution in [0, 0.1) is 22.7 Å². The van der Waals surface area contributed by atoms with E-state index in [9.17, 15) is 14.9 Å². The summed E-state index contributed by atoms with van der Waals surface area (Å²) >= 11 is 0. The molecule has 0 amide bonds. The van der Waals surface area contributed by atoms with Gasteiger partial charge in [0, 0.05) is 18.9 Å². The van der Waals surface area contributed by atoms with Crippen LogP contribution in [-0.2, 0) is 20.5 Å². The van der Waals surface area contributed by atoms with Gasteiger partial charge in [-0.15, -0.1) is 0 Å². The zero-order chi connectivity index (χ0) is 19.3. The second-order valence-corrected chi connectivity index (χ2v) is 8.84. The van der Waals surface area contributed by atoms with Crippen LogP contribution in [0.2, 0.25) is 0 Å². The number of hydrogen-bond acceptors (Lipinski definition) is 4. The van der Waals surface area contributed by atoms with Crippen LogP contribution in [-0.4, -0.2) is 11.8 Å². The van der Waals surface area contributed by atoms with Crippen molar-refractivity contribution >= 4 is 11.8 Å². The van der Waals surface area contributed by atoms with Gasteiger partial charge in [-0.2, -0.15) is 5.26 Å². The molecule has 0 radical (unpaired) electrons. The molecular weight excluding hydrogens is 326 g/mol. The molecule has 2 aliphatic carbocycles. The molecule has 1 aromatic carbocycles. The van der Waals surface area contributed by atoms with E-state index in [0.717, 1.165) is 36.0 Å². The first-order valence-corrected chi connectivity index (χ1v) is 9.32. The normalized spacial score (nSPS) is 30.8. The lowest BCUT2D eigenvalue weighted by molar-refractivity contribution is -0.154. The van der Waals surface area contributed by atoms with E-state index >= 15 is 0 Å². The minimum atomic E-state index is -0.785. The third-order valence-corrected chi connectivity index (χ3v) is 6.60. The molecule has 0 saturated heterocycles. The summed E-state index contributed by atoms with van der Waals surface area (Å²) in [6.45, 7) is 9.27. The fourth-order valence-electron chi connectivity index (χ4n) is 5.14. The summed E-state index contributed by atoms with van der Waals surface area (Å²) in [4.78, 5) is 24.4. The molecular formula is C22H27NO3. The average Bonchev–Trinajstić information content (AvgIpc) is 2.56. The molecule has 0 aromatic heterocycles. The number of ether oxygens (including phenoxy) is 1. The van der Waals surface area contributed by atoms with Crippen molar-refractivity contribution in [3.8, 4) is 6.07 Å². The van der Waals surface area contributed by atoms with E-state index in [1.807, 2.05) is 39.0 Å². The van der Waals surface area contributed by atoms with Crippen molar-refractivity contribution in [2.45, 2.75) is 71.3 Å².